The highest BCUT2D eigenvalue weighted by atomic mass is 79.9. The summed E-state index contributed by atoms with van der Waals surface area (Å²) in [5, 5.41) is 0.710. The second-order valence-corrected chi connectivity index (χ2v) is 14.6. The molecule has 1 saturated heterocycles. The number of amides is 2. The quantitative estimate of drug-likeness (QED) is 0.124. The van der Waals surface area contributed by atoms with Crippen molar-refractivity contribution < 1.29 is 9.59 Å². The maximum absolute atomic E-state index is 14.1. The van der Waals surface area contributed by atoms with E-state index in [-0.39, 0.29) is 45.7 Å². The van der Waals surface area contributed by atoms with Gasteiger partial charge in [0.1, 0.15) is 0 Å². The molecule has 0 radical (unpaired) electrons. The van der Waals surface area contributed by atoms with Gasteiger partial charge in [-0.3, -0.25) is 14.5 Å². The minimum Gasteiger partial charge on any atom is -0.281 e. The maximum Gasteiger partial charge on any atom is 0.233 e. The molecule has 0 aliphatic carbocycles. The van der Waals surface area contributed by atoms with E-state index >= 15 is 0 Å². The van der Waals surface area contributed by atoms with Crippen LogP contribution in [0.3, 0.4) is 0 Å². The molecule has 1 aromatic rings. The summed E-state index contributed by atoms with van der Waals surface area (Å²) in [7, 11) is 0. The molecule has 2 amide bonds. The van der Waals surface area contributed by atoms with E-state index in [1.807, 2.05) is 0 Å². The molecule has 7 atom stereocenters. The number of hydrogen-bond donors (Lipinski definition) is 0. The van der Waals surface area contributed by atoms with Crippen LogP contribution >= 0.6 is 31.9 Å². The summed E-state index contributed by atoms with van der Waals surface area (Å²) in [4.78, 5) is 29.7. The molecular formula is C33H53Br2NO2. The molecule has 2 rings (SSSR count). The third-order valence-electron chi connectivity index (χ3n) is 8.97. The van der Waals surface area contributed by atoms with Gasteiger partial charge in [0.05, 0.1) is 11.8 Å². The van der Waals surface area contributed by atoms with Crippen molar-refractivity contribution in [2.24, 2.45) is 35.0 Å². The van der Waals surface area contributed by atoms with Crippen molar-refractivity contribution in [1.29, 1.82) is 0 Å². The first-order chi connectivity index (χ1) is 18.0. The Morgan fingerprint density at radius 2 is 1.55 bits per heavy atom. The summed E-state index contributed by atoms with van der Waals surface area (Å²) in [5.41, 5.74) is 1.60. The Morgan fingerprint density at radius 1 is 0.921 bits per heavy atom. The van der Waals surface area contributed by atoms with Gasteiger partial charge in [-0.1, -0.05) is 136 Å². The molecule has 5 heteroatoms. The van der Waals surface area contributed by atoms with Gasteiger partial charge in [-0.2, -0.15) is 0 Å². The second kappa shape index (κ2) is 15.9. The topological polar surface area (TPSA) is 37.4 Å². The predicted molar refractivity (Wildman–Crippen MR) is 169 cm³/mol. The molecule has 0 spiro atoms. The van der Waals surface area contributed by atoms with Crippen molar-refractivity contribution in [3.8, 4) is 0 Å². The lowest BCUT2D eigenvalue weighted by Gasteiger charge is -2.40. The van der Waals surface area contributed by atoms with Gasteiger partial charge in [-0.15, -0.1) is 0 Å². The van der Waals surface area contributed by atoms with Crippen LogP contribution < -0.4 is 0 Å². The number of carbonyl (C=O) groups is 2. The highest BCUT2D eigenvalue weighted by Gasteiger charge is 2.53. The zero-order valence-corrected chi connectivity index (χ0v) is 28.2. The number of nitrogens with zero attached hydrogens (tertiary/aromatic N) is 1. The van der Waals surface area contributed by atoms with Crippen LogP contribution in [0.25, 0.3) is 0 Å². The number of imide groups is 1. The number of alkyl halides is 2. The van der Waals surface area contributed by atoms with Gasteiger partial charge >= 0.3 is 0 Å². The largest absolute Gasteiger partial charge is 0.281 e. The molecule has 0 aromatic heterocycles. The van der Waals surface area contributed by atoms with E-state index in [4.69, 9.17) is 0 Å². The van der Waals surface area contributed by atoms with Crippen LogP contribution in [-0.2, 0) is 9.59 Å². The average molecular weight is 656 g/mol. The first-order valence-corrected chi connectivity index (χ1v) is 17.2. The summed E-state index contributed by atoms with van der Waals surface area (Å²) in [5.74, 6) is 0.682. The first-order valence-electron chi connectivity index (χ1n) is 15.1. The summed E-state index contributed by atoms with van der Waals surface area (Å²) >= 11 is 7.18. The summed E-state index contributed by atoms with van der Waals surface area (Å²) in [6.07, 6.45) is 8.81. The lowest BCUT2D eigenvalue weighted by atomic mass is 9.63. The molecule has 1 fully saturated rings. The van der Waals surface area contributed by atoms with E-state index in [1.165, 1.54) is 18.4 Å². The van der Waals surface area contributed by atoms with Gasteiger partial charge in [0.15, 0.2) is 0 Å². The molecule has 1 heterocycles. The fourth-order valence-electron chi connectivity index (χ4n) is 7.08. The highest BCUT2D eigenvalue weighted by molar-refractivity contribution is 9.12. The van der Waals surface area contributed by atoms with Crippen molar-refractivity contribution in [2.45, 2.75) is 111 Å². The summed E-state index contributed by atoms with van der Waals surface area (Å²) in [6, 6.07) is 11.0. The molecule has 216 valence electrons. The molecule has 1 aliphatic heterocycles. The molecule has 0 bridgehead atoms. The van der Waals surface area contributed by atoms with E-state index in [2.05, 4.69) is 111 Å². The van der Waals surface area contributed by atoms with Crippen LogP contribution in [0, 0.1) is 35.0 Å². The third-order valence-corrected chi connectivity index (χ3v) is 11.2. The summed E-state index contributed by atoms with van der Waals surface area (Å²) < 4.78 is 0. The minimum absolute atomic E-state index is 0.0543. The van der Waals surface area contributed by atoms with Crippen molar-refractivity contribution in [1.82, 2.24) is 4.90 Å². The zero-order chi connectivity index (χ0) is 28.5. The number of rotatable bonds is 17. The monoisotopic (exact) mass is 653 g/mol. The number of hydrogen-bond acceptors (Lipinski definition) is 2. The van der Waals surface area contributed by atoms with Crippen LogP contribution in [0.2, 0.25) is 0 Å². The molecule has 38 heavy (non-hydrogen) atoms. The molecular weight excluding hydrogens is 602 g/mol. The van der Waals surface area contributed by atoms with E-state index in [0.29, 0.717) is 23.7 Å². The summed E-state index contributed by atoms with van der Waals surface area (Å²) in [6.45, 7) is 16.5. The first kappa shape index (κ1) is 33.5. The number of halogens is 2. The Hall–Kier alpha value is -0.680. The van der Waals surface area contributed by atoms with Crippen LogP contribution in [0.1, 0.15) is 111 Å². The van der Waals surface area contributed by atoms with E-state index in [9.17, 15) is 9.59 Å². The normalized spacial score (nSPS) is 22.4. The second-order valence-electron chi connectivity index (χ2n) is 12.7. The van der Waals surface area contributed by atoms with Gasteiger partial charge in [0.2, 0.25) is 11.8 Å². The maximum atomic E-state index is 14.1. The van der Waals surface area contributed by atoms with Gasteiger partial charge < -0.3 is 0 Å². The van der Waals surface area contributed by atoms with Crippen molar-refractivity contribution in [3.05, 3.63) is 35.9 Å². The molecule has 0 N–H and O–H groups in total. The Bertz CT molecular complexity index is 858. The van der Waals surface area contributed by atoms with Crippen LogP contribution in [0.5, 0.6) is 0 Å². The SMILES string of the molecule is CCCCC(C)C1C(=O)N(CC(Br)CBr)C(=O)C1C(C)C(CCC)C(CC(C)(C)CCC)c1ccccc1. The molecule has 1 aromatic carbocycles. The number of likely N-dealkylation sites (tertiary alicyclic amines) is 1. The van der Waals surface area contributed by atoms with Gasteiger partial charge in [-0.05, 0) is 60.3 Å². The van der Waals surface area contributed by atoms with Crippen molar-refractivity contribution in [2.75, 3.05) is 11.9 Å². The minimum atomic E-state index is -0.249. The molecule has 1 aliphatic rings. The predicted octanol–water partition coefficient (Wildman–Crippen LogP) is 9.62. The smallest absolute Gasteiger partial charge is 0.233 e. The van der Waals surface area contributed by atoms with Crippen LogP contribution in [0.15, 0.2) is 30.3 Å². The fourth-order valence-corrected chi connectivity index (χ4v) is 7.57. The zero-order valence-electron chi connectivity index (χ0n) is 25.0. The third kappa shape index (κ3) is 8.66. The van der Waals surface area contributed by atoms with Crippen LogP contribution in [-0.4, -0.2) is 33.4 Å². The lowest BCUT2D eigenvalue weighted by Crippen LogP contribution is -2.38. The van der Waals surface area contributed by atoms with Crippen molar-refractivity contribution >= 4 is 43.7 Å². The molecule has 0 saturated carbocycles. The molecule has 3 nitrogen and oxygen atoms in total. The number of carbonyl (C=O) groups excluding carboxylic acids is 2. The van der Waals surface area contributed by atoms with Gasteiger partial charge in [0, 0.05) is 16.7 Å². The van der Waals surface area contributed by atoms with Gasteiger partial charge in [-0.25, -0.2) is 0 Å². The van der Waals surface area contributed by atoms with Crippen LogP contribution in [0.4, 0.5) is 0 Å². The Kier molecular flexibility index (Phi) is 14.1. The van der Waals surface area contributed by atoms with E-state index in [1.54, 1.807) is 4.90 Å². The van der Waals surface area contributed by atoms with Crippen molar-refractivity contribution in [3.63, 3.8) is 0 Å². The Labute approximate surface area is 250 Å². The number of unbranched alkanes of at least 4 members (excludes halogenated alkanes) is 1. The standard InChI is InChI=1S/C33H53Br2NO2/c1-8-11-16-23(4)29-30(32(38)36(31(29)37)22-26(35)21-34)24(5)27(15-9-2)28(20-33(6,7)19-10-3)25-17-13-12-14-18-25/h12-14,17-18,23-24,26-30H,8-11,15-16,19-22H2,1-7H3. The Balaban J connectivity index is 2.54. The molecule has 7 unspecified atom stereocenters. The van der Waals surface area contributed by atoms with Gasteiger partial charge in [0.25, 0.3) is 0 Å². The highest BCUT2D eigenvalue weighted by Crippen LogP contribution is 2.49. The van der Waals surface area contributed by atoms with E-state index in [0.717, 1.165) is 38.5 Å². The Morgan fingerprint density at radius 3 is 2.11 bits per heavy atom. The van der Waals surface area contributed by atoms with E-state index < -0.39 is 0 Å². The lowest BCUT2D eigenvalue weighted by molar-refractivity contribution is -0.140. The fraction of sp³-hybridized carbons (Fsp3) is 0.758. The number of benzene rings is 1. The average Bonchev–Trinajstić information content (AvgIpc) is 3.14.